The number of alkyl halides is 3. The number of hydrogen-bond acceptors (Lipinski definition) is 6. The summed E-state index contributed by atoms with van der Waals surface area (Å²) >= 11 is 6.65. The van der Waals surface area contributed by atoms with E-state index in [0.29, 0.717) is 43.2 Å². The van der Waals surface area contributed by atoms with Crippen LogP contribution in [0.1, 0.15) is 51.7 Å². The summed E-state index contributed by atoms with van der Waals surface area (Å²) in [5.74, 6) is 0.310. The molecule has 8 nitrogen and oxygen atoms in total. The van der Waals surface area contributed by atoms with Gasteiger partial charge in [-0.15, -0.1) is 0 Å². The fourth-order valence-corrected chi connectivity index (χ4v) is 6.49. The van der Waals surface area contributed by atoms with Crippen molar-refractivity contribution in [3.8, 4) is 11.5 Å². The maximum absolute atomic E-state index is 14.4. The Labute approximate surface area is 264 Å². The van der Waals surface area contributed by atoms with E-state index in [1.54, 1.807) is 23.1 Å². The highest BCUT2D eigenvalue weighted by molar-refractivity contribution is 6.36. The van der Waals surface area contributed by atoms with Gasteiger partial charge in [0.2, 0.25) is 0 Å². The first-order chi connectivity index (χ1) is 21.7. The molecule has 1 aromatic heterocycles. The van der Waals surface area contributed by atoms with E-state index in [2.05, 4.69) is 39.6 Å². The average molecular weight is 640 g/mol. The van der Waals surface area contributed by atoms with E-state index >= 15 is 0 Å². The predicted octanol–water partition coefficient (Wildman–Crippen LogP) is 6.76. The Hall–Kier alpha value is -4.22. The van der Waals surface area contributed by atoms with Gasteiger partial charge in [0.25, 0.3) is 5.91 Å². The van der Waals surface area contributed by atoms with Crippen LogP contribution in [0.2, 0.25) is 5.02 Å². The summed E-state index contributed by atoms with van der Waals surface area (Å²) in [6.07, 6.45) is -4.98. The van der Waals surface area contributed by atoms with Gasteiger partial charge >= 0.3 is 6.18 Å². The number of piperazine rings is 1. The lowest BCUT2D eigenvalue weighted by atomic mass is 9.96. The molecule has 1 N–H and O–H groups in total. The van der Waals surface area contributed by atoms with Gasteiger partial charge in [0.15, 0.2) is 23.2 Å². The molecule has 0 bridgehead atoms. The molecule has 4 aromatic rings. The van der Waals surface area contributed by atoms with E-state index in [1.807, 2.05) is 36.4 Å². The molecular formula is C33H33ClF3N5O3. The van der Waals surface area contributed by atoms with Gasteiger partial charge in [-0.25, -0.2) is 4.68 Å². The van der Waals surface area contributed by atoms with Gasteiger partial charge in [0, 0.05) is 32.6 Å². The third kappa shape index (κ3) is 6.06. The Kier molecular flexibility index (Phi) is 8.65. The Morgan fingerprint density at radius 2 is 1.51 bits per heavy atom. The smallest absolute Gasteiger partial charge is 0.410 e. The molecule has 2 aliphatic rings. The molecule has 12 heteroatoms. The van der Waals surface area contributed by atoms with Crippen LogP contribution in [0, 0.1) is 0 Å². The van der Waals surface area contributed by atoms with E-state index < -0.39 is 24.2 Å². The third-order valence-corrected chi connectivity index (χ3v) is 8.86. The molecular weight excluding hydrogens is 607 g/mol. The van der Waals surface area contributed by atoms with Crippen LogP contribution in [0.4, 0.5) is 19.0 Å². The lowest BCUT2D eigenvalue weighted by Crippen LogP contribution is -2.50. The number of nitrogens with zero attached hydrogens (tertiary/aromatic N) is 4. The molecule has 45 heavy (non-hydrogen) atoms. The maximum atomic E-state index is 14.4. The zero-order chi connectivity index (χ0) is 31.7. The summed E-state index contributed by atoms with van der Waals surface area (Å²) < 4.78 is 54.6. The molecule has 1 saturated heterocycles. The van der Waals surface area contributed by atoms with Gasteiger partial charge in [0.05, 0.1) is 26.3 Å². The van der Waals surface area contributed by atoms with Gasteiger partial charge < -0.3 is 19.7 Å². The number of rotatable bonds is 7. The number of fused-ring (bicyclic) bond motifs is 1. The Bertz CT molecular complexity index is 1600. The average Bonchev–Trinajstić information content (AvgIpc) is 3.40. The number of methoxy groups -OCH3 is 2. The van der Waals surface area contributed by atoms with E-state index in [1.165, 1.54) is 14.2 Å². The largest absolute Gasteiger partial charge is 0.493 e. The molecule has 1 fully saturated rings. The molecule has 2 atom stereocenters. The number of benzene rings is 3. The highest BCUT2D eigenvalue weighted by Crippen LogP contribution is 2.47. The summed E-state index contributed by atoms with van der Waals surface area (Å²) in [5, 5.41) is 7.14. The van der Waals surface area contributed by atoms with E-state index in [-0.39, 0.29) is 29.0 Å². The van der Waals surface area contributed by atoms with Gasteiger partial charge in [-0.3, -0.25) is 9.69 Å². The fourth-order valence-electron chi connectivity index (χ4n) is 6.23. The first-order valence-corrected chi connectivity index (χ1v) is 15.0. The summed E-state index contributed by atoms with van der Waals surface area (Å²) in [6, 6.07) is 22.5. The number of halogens is 4. The lowest BCUT2D eigenvalue weighted by molar-refractivity contribution is -0.173. The number of aromatic nitrogens is 2. The molecule has 1 amide bonds. The van der Waals surface area contributed by atoms with Crippen LogP contribution >= 0.6 is 11.6 Å². The lowest BCUT2D eigenvalue weighted by Gasteiger charge is -2.39. The van der Waals surface area contributed by atoms with Gasteiger partial charge in [-0.2, -0.15) is 18.3 Å². The molecule has 3 aromatic carbocycles. The molecule has 0 radical (unpaired) electrons. The minimum absolute atomic E-state index is 0.00147. The zero-order valence-corrected chi connectivity index (χ0v) is 25.6. The molecule has 3 heterocycles. The van der Waals surface area contributed by atoms with Crippen molar-refractivity contribution in [1.82, 2.24) is 19.6 Å². The molecule has 0 spiro atoms. The van der Waals surface area contributed by atoms with E-state index in [9.17, 15) is 18.0 Å². The number of anilines is 1. The van der Waals surface area contributed by atoms with E-state index in [0.717, 1.165) is 15.8 Å². The Morgan fingerprint density at radius 3 is 2.07 bits per heavy atom. The normalized spacial score (nSPS) is 18.8. The molecule has 0 unspecified atom stereocenters. The molecule has 6 rings (SSSR count). The van der Waals surface area contributed by atoms with Crippen LogP contribution < -0.4 is 14.8 Å². The van der Waals surface area contributed by atoms with Crippen LogP contribution in [0.15, 0.2) is 78.9 Å². The fraction of sp³-hybridized carbons (Fsp3) is 0.333. The van der Waals surface area contributed by atoms with Crippen LogP contribution in [-0.2, 0) is 0 Å². The van der Waals surface area contributed by atoms with Gasteiger partial charge in [-0.05, 0) is 28.8 Å². The first-order valence-electron chi connectivity index (χ1n) is 14.7. The molecule has 236 valence electrons. The second-order valence-corrected chi connectivity index (χ2v) is 11.5. The number of hydrogen-bond donors (Lipinski definition) is 1. The molecule has 2 aliphatic heterocycles. The minimum atomic E-state index is -4.63. The first kappa shape index (κ1) is 30.8. The summed E-state index contributed by atoms with van der Waals surface area (Å²) in [6.45, 7) is 1.88. The van der Waals surface area contributed by atoms with Crippen LogP contribution in [0.25, 0.3) is 0 Å². The standard InChI is InChI=1S/C33H33ClF3N5O3/c1-44-25-14-13-23(19-26(25)45-2)24-20-27(33(35,36)37)42-31(38-24)28(34)29(39-42)32(43)41-17-15-40(16-18-41)30(21-9-5-3-6-10-21)22-11-7-4-8-12-22/h3-14,19,24,27,30,38H,15-18,20H2,1-2H3/t24-,27+/m0/s1. The topological polar surface area (TPSA) is 71.9 Å². The predicted molar refractivity (Wildman–Crippen MR) is 165 cm³/mol. The SMILES string of the molecule is COc1ccc([C@@H]2C[C@H](C(F)(F)F)n3nc(C(=O)N4CCN(C(c5ccccc5)c5ccccc5)CC4)c(Cl)c3N2)cc1OC. The second-order valence-electron chi connectivity index (χ2n) is 11.1. The number of amides is 1. The highest BCUT2D eigenvalue weighted by Gasteiger charge is 2.48. The number of ether oxygens (including phenoxy) is 2. The van der Waals surface area contributed by atoms with Crippen molar-refractivity contribution >= 4 is 23.3 Å². The maximum Gasteiger partial charge on any atom is 0.410 e. The molecule has 0 saturated carbocycles. The second kappa shape index (κ2) is 12.6. The van der Waals surface area contributed by atoms with Crippen LogP contribution in [0.3, 0.4) is 0 Å². The minimum Gasteiger partial charge on any atom is -0.493 e. The molecule has 0 aliphatic carbocycles. The number of nitrogens with one attached hydrogen (secondary N) is 1. The van der Waals surface area contributed by atoms with Crippen LogP contribution in [0.5, 0.6) is 11.5 Å². The quantitative estimate of drug-likeness (QED) is 0.241. The van der Waals surface area contributed by atoms with E-state index in [4.69, 9.17) is 21.1 Å². The van der Waals surface area contributed by atoms with Crippen LogP contribution in [-0.4, -0.2) is 72.1 Å². The monoisotopic (exact) mass is 639 g/mol. The van der Waals surface area contributed by atoms with Crippen molar-refractivity contribution in [3.63, 3.8) is 0 Å². The van der Waals surface area contributed by atoms with Crippen molar-refractivity contribution in [2.45, 2.75) is 30.7 Å². The Balaban J connectivity index is 1.24. The highest BCUT2D eigenvalue weighted by atomic mass is 35.5. The van der Waals surface area contributed by atoms with Crippen molar-refractivity contribution in [3.05, 3.63) is 106 Å². The van der Waals surface area contributed by atoms with Crippen molar-refractivity contribution < 1.29 is 27.4 Å². The van der Waals surface area contributed by atoms with Gasteiger partial charge in [-0.1, -0.05) is 78.3 Å². The van der Waals surface area contributed by atoms with Crippen molar-refractivity contribution in [2.75, 3.05) is 45.7 Å². The summed E-state index contributed by atoms with van der Waals surface area (Å²) in [5.41, 5.74) is 2.64. The van der Waals surface area contributed by atoms with Gasteiger partial charge in [0.1, 0.15) is 10.8 Å². The summed E-state index contributed by atoms with van der Waals surface area (Å²) in [4.78, 5) is 17.6. The summed E-state index contributed by atoms with van der Waals surface area (Å²) in [7, 11) is 2.94. The Morgan fingerprint density at radius 1 is 0.911 bits per heavy atom. The third-order valence-electron chi connectivity index (χ3n) is 8.51. The van der Waals surface area contributed by atoms with Crippen molar-refractivity contribution in [2.24, 2.45) is 0 Å². The zero-order valence-electron chi connectivity index (χ0n) is 24.8. The number of carbonyl (C=O) groups excluding carboxylic acids is 1. The number of carbonyl (C=O) groups is 1. The van der Waals surface area contributed by atoms with Crippen molar-refractivity contribution in [1.29, 1.82) is 0 Å².